The molecule has 1 aliphatic heterocycles. The predicted molar refractivity (Wildman–Crippen MR) is 73.7 cm³/mol. The standard InChI is InChI=1S/C14H15N3O2S/c15-9-12-5-7-17(8-6-12)20(18,19)11-14-4-2-1-3-13(14)10-16/h1-4,12H,5-8,11H2. The number of rotatable bonds is 3. The number of nitrogens with zero attached hydrogens (tertiary/aromatic N) is 3. The van der Waals surface area contributed by atoms with E-state index in [1.165, 1.54) is 4.31 Å². The highest BCUT2D eigenvalue weighted by Crippen LogP contribution is 2.21. The van der Waals surface area contributed by atoms with Crippen molar-refractivity contribution in [2.75, 3.05) is 13.1 Å². The van der Waals surface area contributed by atoms with E-state index in [9.17, 15) is 8.42 Å². The van der Waals surface area contributed by atoms with Crippen molar-refractivity contribution in [2.24, 2.45) is 5.92 Å². The van der Waals surface area contributed by atoms with Gasteiger partial charge in [-0.15, -0.1) is 0 Å². The van der Waals surface area contributed by atoms with Gasteiger partial charge in [0.1, 0.15) is 0 Å². The summed E-state index contributed by atoms with van der Waals surface area (Å²) in [5, 5.41) is 17.8. The number of sulfonamides is 1. The number of nitriles is 2. The molecule has 104 valence electrons. The molecule has 0 aliphatic carbocycles. The molecule has 0 amide bonds. The molecular weight excluding hydrogens is 274 g/mol. The van der Waals surface area contributed by atoms with E-state index >= 15 is 0 Å². The van der Waals surface area contributed by atoms with E-state index in [-0.39, 0.29) is 11.7 Å². The second-order valence-electron chi connectivity index (χ2n) is 4.83. The van der Waals surface area contributed by atoms with Crippen LogP contribution in [0.5, 0.6) is 0 Å². The van der Waals surface area contributed by atoms with Crippen molar-refractivity contribution < 1.29 is 8.42 Å². The highest BCUT2D eigenvalue weighted by Gasteiger charge is 2.28. The molecule has 1 aromatic carbocycles. The second-order valence-corrected chi connectivity index (χ2v) is 6.80. The van der Waals surface area contributed by atoms with Crippen molar-refractivity contribution in [3.8, 4) is 12.1 Å². The zero-order valence-electron chi connectivity index (χ0n) is 11.0. The third-order valence-electron chi connectivity index (χ3n) is 3.51. The Morgan fingerprint density at radius 1 is 1.20 bits per heavy atom. The average molecular weight is 289 g/mol. The van der Waals surface area contributed by atoms with Crippen LogP contribution < -0.4 is 0 Å². The van der Waals surface area contributed by atoms with Crippen LogP contribution in [0.1, 0.15) is 24.0 Å². The van der Waals surface area contributed by atoms with Crippen LogP contribution in [-0.4, -0.2) is 25.8 Å². The number of piperidine rings is 1. The van der Waals surface area contributed by atoms with E-state index in [1.54, 1.807) is 24.3 Å². The summed E-state index contributed by atoms with van der Waals surface area (Å²) in [6.07, 6.45) is 1.16. The molecule has 5 nitrogen and oxygen atoms in total. The third-order valence-corrected chi connectivity index (χ3v) is 5.33. The first-order valence-corrected chi connectivity index (χ1v) is 8.03. The summed E-state index contributed by atoms with van der Waals surface area (Å²) in [5.41, 5.74) is 0.917. The monoisotopic (exact) mass is 289 g/mol. The van der Waals surface area contributed by atoms with Crippen LogP contribution in [0.2, 0.25) is 0 Å². The Hall–Kier alpha value is -1.89. The van der Waals surface area contributed by atoms with E-state index in [0.29, 0.717) is 37.1 Å². The zero-order chi connectivity index (χ0) is 14.6. The molecule has 1 heterocycles. The molecule has 6 heteroatoms. The van der Waals surface area contributed by atoms with Crippen molar-refractivity contribution in [3.63, 3.8) is 0 Å². The minimum absolute atomic E-state index is 0.0483. The minimum atomic E-state index is -3.43. The van der Waals surface area contributed by atoms with Gasteiger partial charge in [0.05, 0.1) is 23.5 Å². The first-order chi connectivity index (χ1) is 9.56. The van der Waals surface area contributed by atoms with Gasteiger partial charge in [-0.05, 0) is 24.5 Å². The van der Waals surface area contributed by atoms with Crippen LogP contribution in [-0.2, 0) is 15.8 Å². The van der Waals surface area contributed by atoms with E-state index in [4.69, 9.17) is 10.5 Å². The molecule has 0 spiro atoms. The Balaban J connectivity index is 2.13. The SMILES string of the molecule is N#Cc1ccccc1CS(=O)(=O)N1CCC(C#N)CC1. The molecule has 1 saturated heterocycles. The Morgan fingerprint density at radius 2 is 1.85 bits per heavy atom. The third kappa shape index (κ3) is 3.16. The van der Waals surface area contributed by atoms with Crippen LogP contribution in [0, 0.1) is 28.6 Å². The number of hydrogen-bond donors (Lipinski definition) is 0. The molecule has 0 radical (unpaired) electrons. The maximum atomic E-state index is 12.4. The quantitative estimate of drug-likeness (QED) is 0.846. The van der Waals surface area contributed by atoms with Gasteiger partial charge in [-0.25, -0.2) is 12.7 Å². The van der Waals surface area contributed by atoms with Crippen LogP contribution in [0.4, 0.5) is 0 Å². The maximum absolute atomic E-state index is 12.4. The van der Waals surface area contributed by atoms with Crippen LogP contribution in [0.25, 0.3) is 0 Å². The fourth-order valence-corrected chi connectivity index (χ4v) is 3.90. The molecule has 0 bridgehead atoms. The fraction of sp³-hybridized carbons (Fsp3) is 0.429. The van der Waals surface area contributed by atoms with Gasteiger partial charge in [0.15, 0.2) is 0 Å². The van der Waals surface area contributed by atoms with Gasteiger partial charge < -0.3 is 0 Å². The van der Waals surface area contributed by atoms with Crippen molar-refractivity contribution in [1.82, 2.24) is 4.31 Å². The van der Waals surface area contributed by atoms with Crippen LogP contribution in [0.15, 0.2) is 24.3 Å². The summed E-state index contributed by atoms with van der Waals surface area (Å²) in [5.74, 6) is -0.207. The smallest absolute Gasteiger partial charge is 0.212 e. The van der Waals surface area contributed by atoms with Crippen molar-refractivity contribution in [3.05, 3.63) is 35.4 Å². The van der Waals surface area contributed by atoms with E-state index in [0.717, 1.165) is 0 Å². The topological polar surface area (TPSA) is 85.0 Å². The van der Waals surface area contributed by atoms with Gasteiger partial charge in [0, 0.05) is 19.0 Å². The number of benzene rings is 1. The Morgan fingerprint density at radius 3 is 2.45 bits per heavy atom. The molecule has 1 fully saturated rings. The Bertz CT molecular complexity index is 662. The van der Waals surface area contributed by atoms with E-state index in [2.05, 4.69) is 6.07 Å². The van der Waals surface area contributed by atoms with Crippen molar-refractivity contribution >= 4 is 10.0 Å². The maximum Gasteiger partial charge on any atom is 0.218 e. The first kappa shape index (κ1) is 14.5. The molecule has 0 aromatic heterocycles. The molecule has 20 heavy (non-hydrogen) atoms. The fourth-order valence-electron chi connectivity index (χ4n) is 2.31. The summed E-state index contributed by atoms with van der Waals surface area (Å²) in [6.45, 7) is 0.768. The lowest BCUT2D eigenvalue weighted by Crippen LogP contribution is -2.38. The normalized spacial score (nSPS) is 17.3. The van der Waals surface area contributed by atoms with Gasteiger partial charge >= 0.3 is 0 Å². The zero-order valence-corrected chi connectivity index (χ0v) is 11.8. The first-order valence-electron chi connectivity index (χ1n) is 6.42. The molecular formula is C14H15N3O2S. The van der Waals surface area contributed by atoms with Crippen LogP contribution >= 0.6 is 0 Å². The predicted octanol–water partition coefficient (Wildman–Crippen LogP) is 1.62. The lowest BCUT2D eigenvalue weighted by atomic mass is 10.0. The van der Waals surface area contributed by atoms with Gasteiger partial charge in [0.25, 0.3) is 0 Å². The molecule has 0 saturated carbocycles. The van der Waals surface area contributed by atoms with E-state index in [1.807, 2.05) is 6.07 Å². The molecule has 0 N–H and O–H groups in total. The summed E-state index contributed by atoms with van der Waals surface area (Å²) >= 11 is 0. The van der Waals surface area contributed by atoms with Crippen molar-refractivity contribution in [1.29, 1.82) is 10.5 Å². The Labute approximate surface area is 119 Å². The van der Waals surface area contributed by atoms with Crippen LogP contribution in [0.3, 0.4) is 0 Å². The minimum Gasteiger partial charge on any atom is -0.212 e. The van der Waals surface area contributed by atoms with Gasteiger partial charge in [-0.3, -0.25) is 0 Å². The summed E-state index contributed by atoms with van der Waals surface area (Å²) in [6, 6.07) is 10.9. The number of hydrogen-bond acceptors (Lipinski definition) is 4. The summed E-state index contributed by atoms with van der Waals surface area (Å²) in [7, 11) is -3.43. The molecule has 0 unspecified atom stereocenters. The van der Waals surface area contributed by atoms with E-state index < -0.39 is 10.0 Å². The molecule has 0 atom stereocenters. The largest absolute Gasteiger partial charge is 0.218 e. The molecule has 1 aliphatic rings. The molecule has 2 rings (SSSR count). The average Bonchev–Trinajstić information content (AvgIpc) is 2.47. The van der Waals surface area contributed by atoms with Gasteiger partial charge in [0.2, 0.25) is 10.0 Å². The molecule has 1 aromatic rings. The van der Waals surface area contributed by atoms with Crippen molar-refractivity contribution in [2.45, 2.75) is 18.6 Å². The van der Waals surface area contributed by atoms with Gasteiger partial charge in [-0.2, -0.15) is 10.5 Å². The lowest BCUT2D eigenvalue weighted by molar-refractivity contribution is 0.309. The highest BCUT2D eigenvalue weighted by molar-refractivity contribution is 7.88. The lowest BCUT2D eigenvalue weighted by Gasteiger charge is -2.28. The summed E-state index contributed by atoms with van der Waals surface area (Å²) < 4.78 is 26.1. The summed E-state index contributed by atoms with van der Waals surface area (Å²) in [4.78, 5) is 0. The second kappa shape index (κ2) is 6.04. The van der Waals surface area contributed by atoms with Gasteiger partial charge in [-0.1, -0.05) is 18.2 Å². The Kier molecular flexibility index (Phi) is 4.39. The highest BCUT2D eigenvalue weighted by atomic mass is 32.2.